The summed E-state index contributed by atoms with van der Waals surface area (Å²) in [7, 11) is -1.29. The van der Waals surface area contributed by atoms with Gasteiger partial charge in [-0.15, -0.1) is 6.58 Å². The van der Waals surface area contributed by atoms with Crippen LogP contribution in [-0.4, -0.2) is 14.4 Å². The number of hydrogen-bond donors (Lipinski definition) is 0. The Morgan fingerprint density at radius 2 is 2.20 bits per heavy atom. The maximum absolute atomic E-state index is 6.20. The van der Waals surface area contributed by atoms with Gasteiger partial charge in [0.15, 0.2) is 8.32 Å². The lowest BCUT2D eigenvalue weighted by atomic mass is 10.2. The van der Waals surface area contributed by atoms with Gasteiger partial charge in [0.1, 0.15) is 0 Å². The second-order valence-electron chi connectivity index (χ2n) is 5.16. The van der Waals surface area contributed by atoms with Crippen molar-refractivity contribution in [2.75, 3.05) is 0 Å². The van der Waals surface area contributed by atoms with Crippen LogP contribution in [0, 0.1) is 0 Å². The van der Waals surface area contributed by atoms with E-state index >= 15 is 0 Å². The Morgan fingerprint density at radius 1 is 1.40 bits per heavy atom. The van der Waals surface area contributed by atoms with Gasteiger partial charge >= 0.3 is 0 Å². The molecule has 1 aliphatic rings. The van der Waals surface area contributed by atoms with E-state index in [1.165, 1.54) is 50.6 Å². The quantitative estimate of drug-likeness (QED) is 0.368. The van der Waals surface area contributed by atoms with Crippen LogP contribution in [0.2, 0.25) is 18.6 Å². The van der Waals surface area contributed by atoms with Crippen molar-refractivity contribution in [1.82, 2.24) is 0 Å². The maximum atomic E-state index is 6.20. The minimum Gasteiger partial charge on any atom is -0.414 e. The van der Waals surface area contributed by atoms with E-state index in [1.54, 1.807) is 0 Å². The highest BCUT2D eigenvalue weighted by atomic mass is 28.4. The van der Waals surface area contributed by atoms with Crippen molar-refractivity contribution in [3.63, 3.8) is 0 Å². The lowest BCUT2D eigenvalue weighted by Gasteiger charge is -2.35. The van der Waals surface area contributed by atoms with E-state index < -0.39 is 8.32 Å². The van der Waals surface area contributed by atoms with Gasteiger partial charge < -0.3 is 4.43 Å². The van der Waals surface area contributed by atoms with Crippen molar-refractivity contribution in [3.8, 4) is 0 Å². The SMILES string of the molecule is C=CCCCCC[Si]1(C)CCCC(C)O1. The van der Waals surface area contributed by atoms with Gasteiger partial charge in [0.2, 0.25) is 0 Å². The summed E-state index contributed by atoms with van der Waals surface area (Å²) in [5, 5.41) is 0. The normalized spacial score (nSPS) is 31.5. The first kappa shape index (κ1) is 13.0. The van der Waals surface area contributed by atoms with Gasteiger partial charge in [0.05, 0.1) is 0 Å². The zero-order valence-electron chi connectivity index (χ0n) is 10.4. The Morgan fingerprint density at radius 3 is 2.87 bits per heavy atom. The first-order valence-electron chi connectivity index (χ1n) is 6.45. The zero-order valence-corrected chi connectivity index (χ0v) is 11.4. The van der Waals surface area contributed by atoms with Crippen LogP contribution in [0.4, 0.5) is 0 Å². The lowest BCUT2D eigenvalue weighted by molar-refractivity contribution is 0.175. The molecule has 0 aromatic heterocycles. The number of hydrogen-bond acceptors (Lipinski definition) is 1. The van der Waals surface area contributed by atoms with Gasteiger partial charge in [-0.3, -0.25) is 0 Å². The summed E-state index contributed by atoms with van der Waals surface area (Å²) in [5.41, 5.74) is 0. The second kappa shape index (κ2) is 6.49. The van der Waals surface area contributed by atoms with E-state index in [2.05, 4.69) is 20.0 Å². The van der Waals surface area contributed by atoms with Crippen LogP contribution in [0.25, 0.3) is 0 Å². The molecule has 0 bridgehead atoms. The minimum absolute atomic E-state index is 0.531. The van der Waals surface area contributed by atoms with Crippen LogP contribution in [0.15, 0.2) is 12.7 Å². The van der Waals surface area contributed by atoms with E-state index in [4.69, 9.17) is 4.43 Å². The Kier molecular flexibility index (Phi) is 5.62. The molecule has 1 rings (SSSR count). The summed E-state index contributed by atoms with van der Waals surface area (Å²) in [5.74, 6) is 0. The van der Waals surface area contributed by atoms with Crippen LogP contribution in [0.1, 0.15) is 45.4 Å². The average Bonchev–Trinajstić information content (AvgIpc) is 2.17. The highest BCUT2D eigenvalue weighted by Gasteiger charge is 2.33. The zero-order chi connectivity index (χ0) is 11.1. The van der Waals surface area contributed by atoms with E-state index in [-0.39, 0.29) is 0 Å². The lowest BCUT2D eigenvalue weighted by Crippen LogP contribution is -2.41. The molecule has 0 aromatic rings. The van der Waals surface area contributed by atoms with E-state index in [9.17, 15) is 0 Å². The van der Waals surface area contributed by atoms with Crippen LogP contribution < -0.4 is 0 Å². The molecule has 88 valence electrons. The smallest absolute Gasteiger partial charge is 0.190 e. The van der Waals surface area contributed by atoms with Gasteiger partial charge in [-0.2, -0.15) is 0 Å². The van der Waals surface area contributed by atoms with Gasteiger partial charge in [0.25, 0.3) is 0 Å². The van der Waals surface area contributed by atoms with Crippen molar-refractivity contribution >= 4 is 8.32 Å². The van der Waals surface area contributed by atoms with Crippen molar-refractivity contribution in [2.45, 2.75) is 70.2 Å². The first-order valence-corrected chi connectivity index (χ1v) is 9.27. The Hall–Kier alpha value is -0.0831. The van der Waals surface area contributed by atoms with Gasteiger partial charge in [-0.1, -0.05) is 25.3 Å². The van der Waals surface area contributed by atoms with E-state index in [0.717, 1.165) is 0 Å². The summed E-state index contributed by atoms with van der Waals surface area (Å²) < 4.78 is 6.20. The molecule has 2 heteroatoms. The fourth-order valence-electron chi connectivity index (χ4n) is 2.52. The van der Waals surface area contributed by atoms with Crippen molar-refractivity contribution in [3.05, 3.63) is 12.7 Å². The number of unbranched alkanes of at least 4 members (excludes halogenated alkanes) is 3. The Bertz CT molecular complexity index is 193. The summed E-state index contributed by atoms with van der Waals surface area (Å²) in [6, 6.07) is 2.76. The van der Waals surface area contributed by atoms with Gasteiger partial charge in [-0.25, -0.2) is 0 Å². The third-order valence-corrected chi connectivity index (χ3v) is 7.21. The number of allylic oxidation sites excluding steroid dienone is 1. The van der Waals surface area contributed by atoms with Crippen molar-refractivity contribution in [2.24, 2.45) is 0 Å². The maximum Gasteiger partial charge on any atom is 0.190 e. The molecule has 0 radical (unpaired) electrons. The van der Waals surface area contributed by atoms with Crippen LogP contribution in [0.5, 0.6) is 0 Å². The molecular weight excluding hydrogens is 200 g/mol. The molecule has 1 saturated heterocycles. The summed E-state index contributed by atoms with van der Waals surface area (Å²) in [6.07, 6.45) is 10.4. The minimum atomic E-state index is -1.29. The molecule has 2 unspecified atom stereocenters. The van der Waals surface area contributed by atoms with Crippen LogP contribution >= 0.6 is 0 Å². The molecule has 1 nitrogen and oxygen atoms in total. The summed E-state index contributed by atoms with van der Waals surface area (Å²) in [4.78, 5) is 0. The second-order valence-corrected chi connectivity index (χ2v) is 9.29. The fourth-order valence-corrected chi connectivity index (χ4v) is 6.04. The number of rotatable bonds is 6. The molecule has 15 heavy (non-hydrogen) atoms. The average molecular weight is 226 g/mol. The molecule has 1 heterocycles. The molecule has 0 saturated carbocycles. The molecule has 0 aliphatic carbocycles. The molecule has 1 aliphatic heterocycles. The van der Waals surface area contributed by atoms with Crippen molar-refractivity contribution in [1.29, 1.82) is 0 Å². The van der Waals surface area contributed by atoms with Crippen LogP contribution in [-0.2, 0) is 4.43 Å². The molecule has 0 spiro atoms. The van der Waals surface area contributed by atoms with Crippen LogP contribution in [0.3, 0.4) is 0 Å². The van der Waals surface area contributed by atoms with E-state index in [1.807, 2.05) is 6.08 Å². The standard InChI is InChI=1S/C13H26OSi/c1-4-5-6-7-8-11-15(3)12-9-10-13(2)14-15/h4,13H,1,5-12H2,2-3H3. The summed E-state index contributed by atoms with van der Waals surface area (Å²) >= 11 is 0. The molecule has 0 aromatic carbocycles. The summed E-state index contributed by atoms with van der Waals surface area (Å²) in [6.45, 7) is 8.42. The molecule has 2 atom stereocenters. The van der Waals surface area contributed by atoms with Crippen molar-refractivity contribution < 1.29 is 4.43 Å². The molecule has 0 N–H and O–H groups in total. The molecular formula is C13H26OSi. The third-order valence-electron chi connectivity index (χ3n) is 3.42. The largest absolute Gasteiger partial charge is 0.414 e. The van der Waals surface area contributed by atoms with Gasteiger partial charge in [-0.05, 0) is 44.8 Å². The highest BCUT2D eigenvalue weighted by molar-refractivity contribution is 6.72. The first-order chi connectivity index (χ1) is 7.16. The predicted molar refractivity (Wildman–Crippen MR) is 69.7 cm³/mol. The predicted octanol–water partition coefficient (Wildman–Crippen LogP) is 4.51. The van der Waals surface area contributed by atoms with Gasteiger partial charge in [0, 0.05) is 6.10 Å². The highest BCUT2D eigenvalue weighted by Crippen LogP contribution is 2.30. The fraction of sp³-hybridized carbons (Fsp3) is 0.846. The topological polar surface area (TPSA) is 9.23 Å². The third kappa shape index (κ3) is 4.98. The Balaban J connectivity index is 2.15. The molecule has 0 amide bonds. The Labute approximate surface area is 96.0 Å². The molecule has 1 fully saturated rings. The van der Waals surface area contributed by atoms with E-state index in [0.29, 0.717) is 6.10 Å². The monoisotopic (exact) mass is 226 g/mol.